The second kappa shape index (κ2) is 6.52. The maximum Gasteiger partial charge on any atom is 0.247 e. The molecule has 0 saturated carbocycles. The quantitative estimate of drug-likeness (QED) is 0.767. The molecule has 1 N–H and O–H groups in total. The van der Waals surface area contributed by atoms with Gasteiger partial charge in [-0.3, -0.25) is 4.79 Å². The van der Waals surface area contributed by atoms with E-state index in [0.717, 1.165) is 24.4 Å². The van der Waals surface area contributed by atoms with Crippen LogP contribution in [-0.4, -0.2) is 63.0 Å². The fraction of sp³-hybridized carbons (Fsp3) is 0.533. The highest BCUT2D eigenvalue weighted by molar-refractivity contribution is 7.91. The van der Waals surface area contributed by atoms with E-state index in [-0.39, 0.29) is 11.9 Å². The zero-order valence-electron chi connectivity index (χ0n) is 12.4. The van der Waals surface area contributed by atoms with Gasteiger partial charge in [0, 0.05) is 17.4 Å². The van der Waals surface area contributed by atoms with Crippen LogP contribution in [-0.2, 0) is 14.6 Å². The summed E-state index contributed by atoms with van der Waals surface area (Å²) < 4.78 is 23.1. The molecular weight excluding hydrogens is 320 g/mol. The van der Waals surface area contributed by atoms with E-state index >= 15 is 0 Å². The summed E-state index contributed by atoms with van der Waals surface area (Å²) in [6, 6.07) is 4.17. The molecule has 0 spiro atoms. The smallest absolute Gasteiger partial charge is 0.247 e. The average Bonchev–Trinajstić information content (AvgIpc) is 3.14. The second-order valence-corrected chi connectivity index (χ2v) is 9.14. The van der Waals surface area contributed by atoms with Crippen molar-refractivity contribution in [3.05, 3.63) is 28.5 Å². The molecule has 2 aliphatic heterocycles. The van der Waals surface area contributed by atoms with Crippen molar-refractivity contribution in [2.45, 2.75) is 12.5 Å². The van der Waals surface area contributed by atoms with E-state index in [1.165, 1.54) is 4.90 Å². The molecule has 2 fully saturated rings. The fourth-order valence-corrected chi connectivity index (χ4v) is 5.63. The van der Waals surface area contributed by atoms with Crippen molar-refractivity contribution in [3.63, 3.8) is 0 Å². The minimum Gasteiger partial charge on any atom is -0.329 e. The Hall–Kier alpha value is -1.18. The fourth-order valence-electron chi connectivity index (χ4n) is 3.18. The summed E-state index contributed by atoms with van der Waals surface area (Å²) in [6.07, 6.45) is 4.26. The van der Waals surface area contributed by atoms with Crippen molar-refractivity contribution in [2.75, 3.05) is 37.7 Å². The minimum absolute atomic E-state index is 0.0477. The number of hydrogen-bond donors (Lipinski definition) is 1. The number of carbonyl (C=O) groups is 1. The second-order valence-electron chi connectivity index (χ2n) is 5.93. The highest BCUT2D eigenvalue weighted by atomic mass is 32.2. The number of nitrogens with one attached hydrogen (secondary N) is 1. The van der Waals surface area contributed by atoms with Crippen LogP contribution < -0.4 is 4.90 Å². The van der Waals surface area contributed by atoms with E-state index in [4.69, 9.17) is 0 Å². The zero-order valence-corrected chi connectivity index (χ0v) is 14.0. The molecule has 0 unspecified atom stereocenters. The molecule has 1 atom stereocenters. The molecule has 1 amide bonds. The van der Waals surface area contributed by atoms with E-state index in [9.17, 15) is 13.2 Å². The van der Waals surface area contributed by atoms with Crippen LogP contribution in [0.3, 0.4) is 0 Å². The summed E-state index contributed by atoms with van der Waals surface area (Å²) in [5.41, 5.74) is 0. The van der Waals surface area contributed by atoms with Crippen molar-refractivity contribution in [3.8, 4) is 0 Å². The van der Waals surface area contributed by atoms with E-state index in [1.807, 2.05) is 28.5 Å². The number of carbonyl (C=O) groups excluding carboxylic acids is 1. The summed E-state index contributed by atoms with van der Waals surface area (Å²) in [7, 11) is -2.82. The number of sulfone groups is 1. The standard InChI is InChI=1S/C15H20N2O3S2/c18-15(4-3-14-2-1-10-21-14)17-8-6-16(7-9-17)13-5-11-22(19,20)12-13/h1-4,10,13H,5-9,11-12H2/p+1/b4-3+/t13-/m1/s1. The lowest BCUT2D eigenvalue weighted by atomic mass is 10.2. The molecule has 2 aliphatic rings. The van der Waals surface area contributed by atoms with Gasteiger partial charge in [0.25, 0.3) is 0 Å². The Morgan fingerprint density at radius 2 is 2.14 bits per heavy atom. The van der Waals surface area contributed by atoms with Gasteiger partial charge in [-0.25, -0.2) is 8.42 Å². The maximum absolute atomic E-state index is 12.2. The molecule has 0 radical (unpaired) electrons. The summed E-state index contributed by atoms with van der Waals surface area (Å²) in [6.45, 7) is 3.11. The third-order valence-corrected chi connectivity index (χ3v) is 7.07. The zero-order chi connectivity index (χ0) is 15.6. The third-order valence-electron chi connectivity index (χ3n) is 4.46. The topological polar surface area (TPSA) is 58.9 Å². The third kappa shape index (κ3) is 3.77. The highest BCUT2D eigenvalue weighted by Gasteiger charge is 2.37. The molecule has 2 saturated heterocycles. The first-order chi connectivity index (χ1) is 10.5. The van der Waals surface area contributed by atoms with Crippen molar-refractivity contribution in [2.24, 2.45) is 0 Å². The molecule has 0 aliphatic carbocycles. The molecule has 1 aromatic rings. The monoisotopic (exact) mass is 341 g/mol. The van der Waals surface area contributed by atoms with Gasteiger partial charge in [-0.1, -0.05) is 6.07 Å². The Labute approximate surface area is 135 Å². The molecule has 120 valence electrons. The van der Waals surface area contributed by atoms with Crippen LogP contribution in [0, 0.1) is 0 Å². The summed E-state index contributed by atoms with van der Waals surface area (Å²) >= 11 is 1.61. The van der Waals surface area contributed by atoms with Crippen molar-refractivity contribution in [1.82, 2.24) is 4.90 Å². The molecular formula is C15H21N2O3S2+. The number of hydrogen-bond acceptors (Lipinski definition) is 4. The van der Waals surface area contributed by atoms with E-state index in [2.05, 4.69) is 0 Å². The number of nitrogens with zero attached hydrogens (tertiary/aromatic N) is 1. The van der Waals surface area contributed by atoms with Gasteiger partial charge in [0.05, 0.1) is 31.9 Å². The van der Waals surface area contributed by atoms with Gasteiger partial charge in [-0.05, 0) is 17.5 Å². The lowest BCUT2D eigenvalue weighted by Crippen LogP contribution is -3.18. The van der Waals surface area contributed by atoms with Crippen LogP contribution >= 0.6 is 11.3 Å². The number of amides is 1. The summed E-state index contributed by atoms with van der Waals surface area (Å²) in [4.78, 5) is 16.4. The molecule has 1 aromatic heterocycles. The largest absolute Gasteiger partial charge is 0.329 e. The van der Waals surface area contributed by atoms with Gasteiger partial charge in [0.15, 0.2) is 9.84 Å². The summed E-state index contributed by atoms with van der Waals surface area (Å²) in [5.74, 6) is 0.688. The Bertz CT molecular complexity index is 644. The van der Waals surface area contributed by atoms with Crippen LogP contribution in [0.1, 0.15) is 11.3 Å². The van der Waals surface area contributed by atoms with E-state index < -0.39 is 9.84 Å². The van der Waals surface area contributed by atoms with Crippen LogP contribution in [0.2, 0.25) is 0 Å². The highest BCUT2D eigenvalue weighted by Crippen LogP contribution is 2.11. The van der Waals surface area contributed by atoms with Gasteiger partial charge in [-0.15, -0.1) is 11.3 Å². The Balaban J connectivity index is 1.50. The van der Waals surface area contributed by atoms with Crippen molar-refractivity contribution in [1.29, 1.82) is 0 Å². The summed E-state index contributed by atoms with van der Waals surface area (Å²) in [5, 5.41) is 1.99. The lowest BCUT2D eigenvalue weighted by Gasteiger charge is -2.34. The van der Waals surface area contributed by atoms with Gasteiger partial charge >= 0.3 is 0 Å². The maximum atomic E-state index is 12.2. The van der Waals surface area contributed by atoms with E-state index in [0.29, 0.717) is 24.6 Å². The Morgan fingerprint density at radius 3 is 2.73 bits per heavy atom. The molecule has 0 bridgehead atoms. The van der Waals surface area contributed by atoms with Crippen molar-refractivity contribution < 1.29 is 18.1 Å². The van der Waals surface area contributed by atoms with Crippen LogP contribution in [0.15, 0.2) is 23.6 Å². The number of piperazine rings is 1. The van der Waals surface area contributed by atoms with E-state index in [1.54, 1.807) is 17.4 Å². The first-order valence-electron chi connectivity index (χ1n) is 7.59. The Kier molecular flexibility index (Phi) is 4.65. The number of thiophene rings is 1. The molecule has 7 heteroatoms. The first-order valence-corrected chi connectivity index (χ1v) is 10.3. The minimum atomic E-state index is -2.82. The van der Waals surface area contributed by atoms with Crippen LogP contribution in [0.4, 0.5) is 0 Å². The van der Waals surface area contributed by atoms with Crippen molar-refractivity contribution >= 4 is 33.2 Å². The predicted octanol–water partition coefficient (Wildman–Crippen LogP) is -0.324. The Morgan fingerprint density at radius 1 is 1.36 bits per heavy atom. The van der Waals surface area contributed by atoms with Gasteiger partial charge < -0.3 is 9.80 Å². The molecule has 0 aromatic carbocycles. The number of quaternary nitrogens is 1. The SMILES string of the molecule is O=C(/C=C/c1cccs1)N1CC[NH+]([C@@H]2CCS(=O)(=O)C2)CC1. The van der Waals surface area contributed by atoms with Gasteiger partial charge in [0.1, 0.15) is 11.8 Å². The van der Waals surface area contributed by atoms with Crippen LogP contribution in [0.5, 0.6) is 0 Å². The first kappa shape index (κ1) is 15.7. The lowest BCUT2D eigenvalue weighted by molar-refractivity contribution is -0.925. The molecule has 5 nitrogen and oxygen atoms in total. The average molecular weight is 341 g/mol. The van der Waals surface area contributed by atoms with Gasteiger partial charge in [-0.2, -0.15) is 0 Å². The van der Waals surface area contributed by atoms with Gasteiger partial charge in [0.2, 0.25) is 5.91 Å². The number of rotatable bonds is 3. The van der Waals surface area contributed by atoms with Crippen LogP contribution in [0.25, 0.3) is 6.08 Å². The molecule has 22 heavy (non-hydrogen) atoms. The molecule has 3 rings (SSSR count). The molecule has 3 heterocycles. The normalized spacial score (nSPS) is 25.8. The predicted molar refractivity (Wildman–Crippen MR) is 87.7 cm³/mol.